The predicted octanol–water partition coefficient (Wildman–Crippen LogP) is 3.56. The summed E-state index contributed by atoms with van der Waals surface area (Å²) in [6, 6.07) is 5.90. The first-order chi connectivity index (χ1) is 11.0. The lowest BCUT2D eigenvalue weighted by Gasteiger charge is -2.15. The number of benzene rings is 1. The summed E-state index contributed by atoms with van der Waals surface area (Å²) in [6.45, 7) is 3.25. The number of aromatic nitrogens is 2. The average Bonchev–Trinajstić information content (AvgIpc) is 3.04. The summed E-state index contributed by atoms with van der Waals surface area (Å²) < 4.78 is 13.2. The van der Waals surface area contributed by atoms with Crippen molar-refractivity contribution < 1.29 is 9.18 Å². The van der Waals surface area contributed by atoms with Gasteiger partial charge in [0.2, 0.25) is 0 Å². The molecule has 0 spiro atoms. The van der Waals surface area contributed by atoms with Crippen LogP contribution in [0, 0.1) is 12.7 Å². The summed E-state index contributed by atoms with van der Waals surface area (Å²) in [5.41, 5.74) is 0.948. The molecule has 1 fully saturated rings. The number of hydrogen-bond donors (Lipinski definition) is 1. The number of hydrogen-bond acceptors (Lipinski definition) is 4. The second kappa shape index (κ2) is 6.50. The summed E-state index contributed by atoms with van der Waals surface area (Å²) >= 11 is 5.77. The number of anilines is 2. The number of nitrogens with zero attached hydrogens (tertiary/aromatic N) is 3. The molecule has 0 saturated carbocycles. The highest BCUT2D eigenvalue weighted by atomic mass is 35.5. The Morgan fingerprint density at radius 1 is 1.26 bits per heavy atom. The topological polar surface area (TPSA) is 58.1 Å². The van der Waals surface area contributed by atoms with Crippen LogP contribution in [0.2, 0.25) is 5.02 Å². The molecule has 1 N–H and O–H groups in total. The molecule has 1 saturated heterocycles. The van der Waals surface area contributed by atoms with E-state index in [0.29, 0.717) is 23.0 Å². The summed E-state index contributed by atoms with van der Waals surface area (Å²) in [5.74, 6) is 0.391. The van der Waals surface area contributed by atoms with Crippen molar-refractivity contribution in [1.29, 1.82) is 0 Å². The Morgan fingerprint density at radius 2 is 2.00 bits per heavy atom. The van der Waals surface area contributed by atoms with Crippen molar-refractivity contribution in [2.24, 2.45) is 0 Å². The molecule has 0 radical (unpaired) electrons. The van der Waals surface area contributed by atoms with Gasteiger partial charge in [0.05, 0.1) is 5.02 Å². The second-order valence-electron chi connectivity index (χ2n) is 5.44. The minimum atomic E-state index is -0.485. The molecule has 120 valence electrons. The Bertz CT molecular complexity index is 747. The number of likely N-dealkylation sites (tertiary alicyclic amines) is 1. The van der Waals surface area contributed by atoms with Crippen LogP contribution < -0.4 is 5.32 Å². The molecule has 0 bridgehead atoms. The molecule has 1 aromatic carbocycles. The van der Waals surface area contributed by atoms with E-state index in [2.05, 4.69) is 15.3 Å². The molecule has 1 aliphatic heterocycles. The van der Waals surface area contributed by atoms with Gasteiger partial charge < -0.3 is 10.2 Å². The van der Waals surface area contributed by atoms with E-state index >= 15 is 0 Å². The zero-order chi connectivity index (χ0) is 16.4. The van der Waals surface area contributed by atoms with Gasteiger partial charge in [-0.15, -0.1) is 0 Å². The number of carbonyl (C=O) groups excluding carboxylic acids is 1. The third-order valence-corrected chi connectivity index (χ3v) is 3.93. The van der Waals surface area contributed by atoms with Crippen LogP contribution in [0.1, 0.15) is 29.2 Å². The smallest absolute Gasteiger partial charge is 0.272 e. The van der Waals surface area contributed by atoms with Gasteiger partial charge in [-0.3, -0.25) is 4.79 Å². The van der Waals surface area contributed by atoms with Gasteiger partial charge in [0.25, 0.3) is 5.91 Å². The van der Waals surface area contributed by atoms with Crippen molar-refractivity contribution in [2.75, 3.05) is 18.4 Å². The number of carbonyl (C=O) groups is 1. The van der Waals surface area contributed by atoms with E-state index in [1.165, 1.54) is 12.1 Å². The quantitative estimate of drug-likeness (QED) is 0.932. The summed E-state index contributed by atoms with van der Waals surface area (Å²) in [6.07, 6.45) is 2.05. The van der Waals surface area contributed by atoms with Gasteiger partial charge in [-0.1, -0.05) is 11.6 Å². The Morgan fingerprint density at radius 3 is 2.70 bits per heavy atom. The van der Waals surface area contributed by atoms with E-state index < -0.39 is 5.82 Å². The van der Waals surface area contributed by atoms with Crippen molar-refractivity contribution in [2.45, 2.75) is 19.8 Å². The van der Waals surface area contributed by atoms with E-state index in [1.807, 2.05) is 0 Å². The van der Waals surface area contributed by atoms with Crippen LogP contribution in [0.3, 0.4) is 0 Å². The zero-order valence-corrected chi connectivity index (χ0v) is 13.4. The largest absolute Gasteiger partial charge is 0.340 e. The Kier molecular flexibility index (Phi) is 4.43. The highest BCUT2D eigenvalue weighted by Crippen LogP contribution is 2.22. The summed E-state index contributed by atoms with van der Waals surface area (Å²) in [4.78, 5) is 22.7. The van der Waals surface area contributed by atoms with Crippen molar-refractivity contribution in [3.05, 3.63) is 46.6 Å². The van der Waals surface area contributed by atoms with Crippen molar-refractivity contribution in [3.8, 4) is 0 Å². The van der Waals surface area contributed by atoms with Crippen LogP contribution >= 0.6 is 11.6 Å². The molecule has 1 amide bonds. The van der Waals surface area contributed by atoms with Crippen molar-refractivity contribution >= 4 is 29.0 Å². The third kappa shape index (κ3) is 3.59. The van der Waals surface area contributed by atoms with Crippen LogP contribution in [-0.2, 0) is 0 Å². The normalized spacial score (nSPS) is 14.1. The Hall–Kier alpha value is -2.21. The lowest BCUT2D eigenvalue weighted by atomic mass is 10.3. The number of aryl methyl sites for hydroxylation is 1. The van der Waals surface area contributed by atoms with Gasteiger partial charge in [-0.25, -0.2) is 14.4 Å². The van der Waals surface area contributed by atoms with Crippen LogP contribution in [-0.4, -0.2) is 33.9 Å². The maximum absolute atomic E-state index is 13.2. The standard InChI is InChI=1S/C16H16ClFN4O/c1-10-19-14(16(23)22-6-2-3-7-22)9-15(20-10)21-11-4-5-13(18)12(17)8-11/h4-5,8-9H,2-3,6-7H2,1H3,(H,19,20,21). The van der Waals surface area contributed by atoms with Crippen LogP contribution in [0.5, 0.6) is 0 Å². The predicted molar refractivity (Wildman–Crippen MR) is 86.6 cm³/mol. The maximum atomic E-state index is 13.2. The molecular weight excluding hydrogens is 319 g/mol. The molecule has 1 aromatic heterocycles. The van der Waals surface area contributed by atoms with Crippen LogP contribution in [0.15, 0.2) is 24.3 Å². The van der Waals surface area contributed by atoms with E-state index in [0.717, 1.165) is 25.9 Å². The van der Waals surface area contributed by atoms with E-state index in [1.54, 1.807) is 24.0 Å². The fourth-order valence-electron chi connectivity index (χ4n) is 2.55. The molecule has 2 heterocycles. The highest BCUT2D eigenvalue weighted by Gasteiger charge is 2.21. The van der Waals surface area contributed by atoms with Crippen LogP contribution in [0.25, 0.3) is 0 Å². The first kappa shape index (κ1) is 15.7. The molecule has 0 aliphatic carbocycles. The minimum absolute atomic E-state index is 0.0224. The number of amides is 1. The van der Waals surface area contributed by atoms with E-state index in [4.69, 9.17) is 11.6 Å². The monoisotopic (exact) mass is 334 g/mol. The zero-order valence-electron chi connectivity index (χ0n) is 12.6. The molecule has 3 rings (SSSR count). The van der Waals surface area contributed by atoms with E-state index in [-0.39, 0.29) is 10.9 Å². The second-order valence-corrected chi connectivity index (χ2v) is 5.85. The highest BCUT2D eigenvalue weighted by molar-refractivity contribution is 6.31. The maximum Gasteiger partial charge on any atom is 0.272 e. The van der Waals surface area contributed by atoms with Gasteiger partial charge in [0.15, 0.2) is 0 Å². The molecule has 0 atom stereocenters. The Balaban J connectivity index is 1.84. The van der Waals surface area contributed by atoms with Crippen molar-refractivity contribution in [3.63, 3.8) is 0 Å². The van der Waals surface area contributed by atoms with Gasteiger partial charge in [-0.05, 0) is 38.0 Å². The number of nitrogens with one attached hydrogen (secondary N) is 1. The number of halogens is 2. The van der Waals surface area contributed by atoms with E-state index in [9.17, 15) is 9.18 Å². The molecule has 5 nitrogen and oxygen atoms in total. The first-order valence-electron chi connectivity index (χ1n) is 7.40. The van der Waals surface area contributed by atoms with Crippen molar-refractivity contribution in [1.82, 2.24) is 14.9 Å². The fraction of sp³-hybridized carbons (Fsp3) is 0.312. The first-order valence-corrected chi connectivity index (χ1v) is 7.78. The van der Waals surface area contributed by atoms with Gasteiger partial charge in [-0.2, -0.15) is 0 Å². The number of rotatable bonds is 3. The Labute approximate surface area is 138 Å². The van der Waals surface area contributed by atoms with Gasteiger partial charge in [0.1, 0.15) is 23.2 Å². The SMILES string of the molecule is Cc1nc(Nc2ccc(F)c(Cl)c2)cc(C(=O)N2CCCC2)n1. The summed E-state index contributed by atoms with van der Waals surface area (Å²) in [7, 11) is 0. The molecule has 2 aromatic rings. The third-order valence-electron chi connectivity index (χ3n) is 3.64. The molecule has 23 heavy (non-hydrogen) atoms. The lowest BCUT2D eigenvalue weighted by molar-refractivity contribution is 0.0786. The molecule has 1 aliphatic rings. The average molecular weight is 335 g/mol. The van der Waals surface area contributed by atoms with Gasteiger partial charge in [0, 0.05) is 24.8 Å². The molecule has 0 unspecified atom stereocenters. The lowest BCUT2D eigenvalue weighted by Crippen LogP contribution is -2.28. The molecular formula is C16H16ClFN4O. The fourth-order valence-corrected chi connectivity index (χ4v) is 2.73. The summed E-state index contributed by atoms with van der Waals surface area (Å²) in [5, 5.41) is 3.05. The van der Waals surface area contributed by atoms with Gasteiger partial charge >= 0.3 is 0 Å². The minimum Gasteiger partial charge on any atom is -0.340 e. The molecule has 7 heteroatoms. The van der Waals surface area contributed by atoms with Crippen LogP contribution in [0.4, 0.5) is 15.9 Å².